The van der Waals surface area contributed by atoms with Crippen molar-refractivity contribution >= 4 is 29.2 Å². The van der Waals surface area contributed by atoms with Crippen molar-refractivity contribution in [1.29, 1.82) is 0 Å². The molecule has 2 aromatic rings. The molecule has 2 unspecified atom stereocenters. The molecule has 1 aliphatic rings. The molecule has 136 valence electrons. The largest absolute Gasteiger partial charge is 0.482 e. The number of esters is 1. The molecule has 1 N–H and O–H groups in total. The Bertz CT molecular complexity index is 856. The van der Waals surface area contributed by atoms with Crippen LogP contribution < -0.4 is 5.32 Å². The molecule has 0 fully saturated rings. The van der Waals surface area contributed by atoms with E-state index in [0.717, 1.165) is 0 Å². The fourth-order valence-electron chi connectivity index (χ4n) is 2.89. The molecule has 26 heavy (non-hydrogen) atoms. The molecule has 1 aliphatic heterocycles. The fraction of sp³-hybridized carbons (Fsp3) is 0.263. The number of methoxy groups -OCH3 is 1. The van der Waals surface area contributed by atoms with E-state index < -0.39 is 23.9 Å². The van der Waals surface area contributed by atoms with Crippen LogP contribution >= 0.6 is 11.6 Å². The van der Waals surface area contributed by atoms with E-state index >= 15 is 0 Å². The Balaban J connectivity index is 2.16. The Morgan fingerprint density at radius 2 is 2.04 bits per heavy atom. The first-order valence-corrected chi connectivity index (χ1v) is 8.52. The smallest absolute Gasteiger partial charge is 0.332 e. The number of ether oxygens (including phenoxy) is 2. The number of benzene rings is 2. The maximum absolute atomic E-state index is 14.5. The molecule has 5 nitrogen and oxygen atoms in total. The van der Waals surface area contributed by atoms with Crippen LogP contribution in [0.5, 0.6) is 0 Å². The van der Waals surface area contributed by atoms with E-state index in [9.17, 15) is 9.18 Å². The number of carbonyl (C=O) groups is 1. The van der Waals surface area contributed by atoms with E-state index in [1.54, 1.807) is 43.3 Å². The van der Waals surface area contributed by atoms with Gasteiger partial charge in [0.2, 0.25) is 5.90 Å². The van der Waals surface area contributed by atoms with Gasteiger partial charge in [0.05, 0.1) is 25.4 Å². The Hall–Kier alpha value is -2.44. The van der Waals surface area contributed by atoms with Crippen LogP contribution in [0.15, 0.2) is 47.5 Å². The van der Waals surface area contributed by atoms with Crippen molar-refractivity contribution in [2.45, 2.75) is 19.0 Å². The van der Waals surface area contributed by atoms with Crippen LogP contribution in [0.25, 0.3) is 0 Å². The van der Waals surface area contributed by atoms with Crippen molar-refractivity contribution in [2.75, 3.05) is 13.7 Å². The summed E-state index contributed by atoms with van der Waals surface area (Å²) in [5, 5.41) is 3.60. The average molecular weight is 377 g/mol. The summed E-state index contributed by atoms with van der Waals surface area (Å²) in [6.07, 6.45) is 0. The molecule has 0 spiro atoms. The number of carbonyl (C=O) groups excluding carboxylic acids is 1. The van der Waals surface area contributed by atoms with Gasteiger partial charge < -0.3 is 9.47 Å². The van der Waals surface area contributed by atoms with Crippen LogP contribution in [0.3, 0.4) is 0 Å². The van der Waals surface area contributed by atoms with Crippen LogP contribution in [-0.4, -0.2) is 31.6 Å². The van der Waals surface area contributed by atoms with Gasteiger partial charge in [-0.25, -0.2) is 14.2 Å². The van der Waals surface area contributed by atoms with Gasteiger partial charge in [0, 0.05) is 16.1 Å². The molecule has 1 heterocycles. The fourth-order valence-corrected chi connectivity index (χ4v) is 3.07. The Labute approximate surface area is 155 Å². The van der Waals surface area contributed by atoms with Crippen LogP contribution in [0, 0.1) is 5.82 Å². The second-order valence-electron chi connectivity index (χ2n) is 5.66. The third kappa shape index (κ3) is 3.57. The normalized spacial score (nSPS) is 19.2. The van der Waals surface area contributed by atoms with Gasteiger partial charge in [-0.1, -0.05) is 29.8 Å². The zero-order valence-corrected chi connectivity index (χ0v) is 15.1. The molecule has 0 aromatic heterocycles. The molecule has 0 saturated carbocycles. The van der Waals surface area contributed by atoms with Crippen molar-refractivity contribution in [3.05, 3.63) is 64.4 Å². The van der Waals surface area contributed by atoms with E-state index in [2.05, 4.69) is 10.3 Å². The number of fused-ring (bicyclic) bond motifs is 1. The van der Waals surface area contributed by atoms with Crippen LogP contribution in [0.4, 0.5) is 10.1 Å². The van der Waals surface area contributed by atoms with Crippen LogP contribution in [-0.2, 0) is 14.3 Å². The van der Waals surface area contributed by atoms with Gasteiger partial charge in [0.15, 0.2) is 6.04 Å². The molecule has 3 rings (SSSR count). The summed E-state index contributed by atoms with van der Waals surface area (Å²) in [6.45, 7) is 1.91. The lowest BCUT2D eigenvalue weighted by molar-refractivity contribution is -0.144. The zero-order chi connectivity index (χ0) is 18.7. The van der Waals surface area contributed by atoms with E-state index in [1.807, 2.05) is 0 Å². The van der Waals surface area contributed by atoms with Gasteiger partial charge in [-0.3, -0.25) is 5.32 Å². The minimum Gasteiger partial charge on any atom is -0.482 e. The summed E-state index contributed by atoms with van der Waals surface area (Å²) in [5.41, 5.74) is 1.56. The van der Waals surface area contributed by atoms with E-state index in [0.29, 0.717) is 21.8 Å². The lowest BCUT2D eigenvalue weighted by atomic mass is 9.96. The number of hydrogen-bond acceptors (Lipinski definition) is 5. The number of rotatable bonds is 3. The maximum atomic E-state index is 14.5. The second-order valence-corrected chi connectivity index (χ2v) is 6.10. The maximum Gasteiger partial charge on any atom is 0.332 e. The highest BCUT2D eigenvalue weighted by atomic mass is 35.5. The average Bonchev–Trinajstić information content (AvgIpc) is 2.79. The molecular weight excluding hydrogens is 359 g/mol. The van der Waals surface area contributed by atoms with Gasteiger partial charge in [0.1, 0.15) is 5.82 Å². The van der Waals surface area contributed by atoms with Gasteiger partial charge in [-0.05, 0) is 31.2 Å². The summed E-state index contributed by atoms with van der Waals surface area (Å²) >= 11 is 6.15. The molecule has 2 atom stereocenters. The van der Waals surface area contributed by atoms with Gasteiger partial charge >= 0.3 is 5.97 Å². The van der Waals surface area contributed by atoms with Crippen molar-refractivity contribution < 1.29 is 18.7 Å². The zero-order valence-electron chi connectivity index (χ0n) is 14.3. The third-order valence-corrected chi connectivity index (χ3v) is 4.29. The second kappa shape index (κ2) is 7.85. The highest BCUT2D eigenvalue weighted by Crippen LogP contribution is 2.36. The molecule has 7 heteroatoms. The molecule has 0 radical (unpaired) electrons. The van der Waals surface area contributed by atoms with E-state index in [1.165, 1.54) is 13.2 Å². The Kier molecular flexibility index (Phi) is 5.54. The summed E-state index contributed by atoms with van der Waals surface area (Å²) in [7, 11) is 1.42. The third-order valence-electron chi connectivity index (χ3n) is 4.06. The summed E-state index contributed by atoms with van der Waals surface area (Å²) in [6, 6.07) is 9.81. The van der Waals surface area contributed by atoms with Gasteiger partial charge in [0.25, 0.3) is 0 Å². The number of halogens is 2. The number of nitrogens with zero attached hydrogens (tertiary/aromatic N) is 1. The van der Waals surface area contributed by atoms with Crippen molar-refractivity contribution in [3.8, 4) is 0 Å². The minimum absolute atomic E-state index is 0.144. The first-order chi connectivity index (χ1) is 12.5. The molecule has 0 saturated heterocycles. The van der Waals surface area contributed by atoms with Crippen LogP contribution in [0.1, 0.15) is 24.1 Å². The van der Waals surface area contributed by atoms with Gasteiger partial charge in [-0.15, -0.1) is 0 Å². The standard InChI is InChI=1S/C19H18ClFN2O3/c1-3-26-19(24)17-18(25-2)22-15-9-8-11(20)10-13(15)16(23-17)12-6-4-5-7-14(12)21/h4-10,16-17,23H,3H2,1-2H3. The van der Waals surface area contributed by atoms with Crippen molar-refractivity contribution in [3.63, 3.8) is 0 Å². The first kappa shape index (κ1) is 18.4. The quantitative estimate of drug-likeness (QED) is 0.828. The van der Waals surface area contributed by atoms with Crippen molar-refractivity contribution in [1.82, 2.24) is 5.32 Å². The number of aliphatic imine (C=N–C) groups is 1. The summed E-state index contributed by atoms with van der Waals surface area (Å²) < 4.78 is 24.9. The topological polar surface area (TPSA) is 59.9 Å². The van der Waals surface area contributed by atoms with E-state index in [-0.39, 0.29) is 12.5 Å². The lowest BCUT2D eigenvalue weighted by Crippen LogP contribution is -2.46. The molecular formula is C19H18ClFN2O3. The van der Waals surface area contributed by atoms with Gasteiger partial charge in [-0.2, -0.15) is 0 Å². The van der Waals surface area contributed by atoms with Crippen LogP contribution in [0.2, 0.25) is 5.02 Å². The predicted octanol–water partition coefficient (Wildman–Crippen LogP) is 3.78. The minimum atomic E-state index is -0.976. The molecule has 2 aromatic carbocycles. The molecule has 0 bridgehead atoms. The predicted molar refractivity (Wildman–Crippen MR) is 97.4 cm³/mol. The first-order valence-electron chi connectivity index (χ1n) is 8.14. The lowest BCUT2D eigenvalue weighted by Gasteiger charge is -2.23. The highest BCUT2D eigenvalue weighted by Gasteiger charge is 2.35. The summed E-state index contributed by atoms with van der Waals surface area (Å²) in [5.74, 6) is -0.807. The summed E-state index contributed by atoms with van der Waals surface area (Å²) in [4.78, 5) is 16.9. The molecule has 0 aliphatic carbocycles. The van der Waals surface area contributed by atoms with Crippen molar-refractivity contribution in [2.24, 2.45) is 4.99 Å². The number of nitrogens with one attached hydrogen (secondary N) is 1. The SMILES string of the molecule is CCOC(=O)C1NC(c2ccccc2F)c2cc(Cl)ccc2N=C1OC. The van der Waals surface area contributed by atoms with E-state index in [4.69, 9.17) is 21.1 Å². The Morgan fingerprint density at radius 1 is 1.27 bits per heavy atom. The Morgan fingerprint density at radius 3 is 2.73 bits per heavy atom. The number of hydrogen-bond donors (Lipinski definition) is 1. The highest BCUT2D eigenvalue weighted by molar-refractivity contribution is 6.30. The molecule has 0 amide bonds. The monoisotopic (exact) mass is 376 g/mol.